The largest absolute Gasteiger partial charge is 0.348 e. The first kappa shape index (κ1) is 16.1. The van der Waals surface area contributed by atoms with Gasteiger partial charge in [0.05, 0.1) is 0 Å². The Bertz CT molecular complexity index is 837. The van der Waals surface area contributed by atoms with Gasteiger partial charge >= 0.3 is 0 Å². The van der Waals surface area contributed by atoms with Gasteiger partial charge in [0, 0.05) is 24.0 Å². The lowest BCUT2D eigenvalue weighted by Crippen LogP contribution is -2.18. The fourth-order valence-corrected chi connectivity index (χ4v) is 2.93. The molecule has 1 aliphatic heterocycles. The maximum Gasteiger partial charge on any atom is 0.0485 e. The molecule has 0 spiro atoms. The molecule has 1 nitrogen and oxygen atoms in total. The minimum absolute atomic E-state index is 0.967. The van der Waals surface area contributed by atoms with Crippen LogP contribution in [0.15, 0.2) is 85.1 Å². The Labute approximate surface area is 144 Å². The van der Waals surface area contributed by atoms with Crippen LogP contribution in [-0.2, 0) is 0 Å². The first-order valence-electron chi connectivity index (χ1n) is 8.37. The summed E-state index contributed by atoms with van der Waals surface area (Å²) in [6, 6.07) is 16.9. The molecule has 24 heavy (non-hydrogen) atoms. The lowest BCUT2D eigenvalue weighted by atomic mass is 9.97. The number of anilines is 1. The molecule has 0 saturated heterocycles. The van der Waals surface area contributed by atoms with Crippen molar-refractivity contribution in [2.75, 3.05) is 11.4 Å². The summed E-state index contributed by atoms with van der Waals surface area (Å²) >= 11 is 0. The van der Waals surface area contributed by atoms with Gasteiger partial charge in [-0.2, -0.15) is 0 Å². The van der Waals surface area contributed by atoms with Crippen LogP contribution >= 0.6 is 0 Å². The number of hydrogen-bond donors (Lipinski definition) is 0. The summed E-state index contributed by atoms with van der Waals surface area (Å²) in [5.41, 5.74) is 7.22. The van der Waals surface area contributed by atoms with Crippen molar-refractivity contribution < 1.29 is 0 Å². The molecule has 0 atom stereocenters. The topological polar surface area (TPSA) is 3.24 Å². The van der Waals surface area contributed by atoms with Gasteiger partial charge in [-0.3, -0.25) is 0 Å². The molecule has 0 fully saturated rings. The second-order valence-corrected chi connectivity index (χ2v) is 5.98. The van der Waals surface area contributed by atoms with Gasteiger partial charge in [0.15, 0.2) is 0 Å². The normalized spacial score (nSPS) is 15.1. The summed E-state index contributed by atoms with van der Waals surface area (Å²) in [5, 5.41) is 0. The monoisotopic (exact) mass is 313 g/mol. The average Bonchev–Trinajstić information content (AvgIpc) is 2.61. The van der Waals surface area contributed by atoms with Crippen molar-refractivity contribution in [3.8, 4) is 0 Å². The molecule has 2 aromatic rings. The van der Waals surface area contributed by atoms with E-state index in [1.165, 1.54) is 28.0 Å². The lowest BCUT2D eigenvalue weighted by Gasteiger charge is -2.26. The number of rotatable bonds is 4. The SMILES string of the molecule is C=C(C=C1C=CN(CC)c2ccccc21)/C=C\c1ccccc1C. The maximum absolute atomic E-state index is 4.19. The predicted molar refractivity (Wildman–Crippen MR) is 106 cm³/mol. The molecule has 0 saturated carbocycles. The number of fused-ring (bicyclic) bond motifs is 1. The van der Waals surface area contributed by atoms with Crippen LogP contribution in [-0.4, -0.2) is 6.54 Å². The second-order valence-electron chi connectivity index (χ2n) is 5.98. The molecule has 1 aliphatic rings. The minimum Gasteiger partial charge on any atom is -0.348 e. The van der Waals surface area contributed by atoms with Crippen LogP contribution in [0.25, 0.3) is 11.6 Å². The van der Waals surface area contributed by atoms with Crippen molar-refractivity contribution in [3.05, 3.63) is 102 Å². The second kappa shape index (κ2) is 7.18. The maximum atomic E-state index is 4.19. The molecule has 1 heterocycles. The number of hydrogen-bond acceptors (Lipinski definition) is 1. The van der Waals surface area contributed by atoms with Crippen molar-refractivity contribution in [2.45, 2.75) is 13.8 Å². The Morgan fingerprint density at radius 2 is 1.83 bits per heavy atom. The van der Waals surface area contributed by atoms with E-state index in [4.69, 9.17) is 0 Å². The molecule has 1 heteroatoms. The Morgan fingerprint density at radius 3 is 2.62 bits per heavy atom. The molecule has 120 valence electrons. The Morgan fingerprint density at radius 1 is 1.08 bits per heavy atom. The highest BCUT2D eigenvalue weighted by atomic mass is 15.1. The average molecular weight is 313 g/mol. The third-order valence-electron chi connectivity index (χ3n) is 4.31. The number of aryl methyl sites for hydroxylation is 1. The molecular weight excluding hydrogens is 290 g/mol. The Hall–Kier alpha value is -2.80. The molecular formula is C23H23N. The van der Waals surface area contributed by atoms with Gasteiger partial charge in [-0.1, -0.05) is 61.2 Å². The summed E-state index contributed by atoms with van der Waals surface area (Å²) in [6.45, 7) is 9.45. The van der Waals surface area contributed by atoms with E-state index in [1.54, 1.807) is 0 Å². The summed E-state index contributed by atoms with van der Waals surface area (Å²) in [6.07, 6.45) is 10.7. The molecule has 0 amide bonds. The van der Waals surface area contributed by atoms with Gasteiger partial charge in [-0.15, -0.1) is 0 Å². The van der Waals surface area contributed by atoms with Gasteiger partial charge in [-0.05, 0) is 54.3 Å². The molecule has 0 bridgehead atoms. The van der Waals surface area contributed by atoms with Crippen LogP contribution < -0.4 is 4.90 Å². The molecule has 0 N–H and O–H groups in total. The van der Waals surface area contributed by atoms with Crippen LogP contribution in [0.3, 0.4) is 0 Å². The third-order valence-corrected chi connectivity index (χ3v) is 4.31. The van der Waals surface area contributed by atoms with Crippen molar-refractivity contribution in [3.63, 3.8) is 0 Å². The summed E-state index contributed by atoms with van der Waals surface area (Å²) in [7, 11) is 0. The number of nitrogens with zero attached hydrogens (tertiary/aromatic N) is 1. The highest BCUT2D eigenvalue weighted by Crippen LogP contribution is 2.33. The fraction of sp³-hybridized carbons (Fsp3) is 0.130. The van der Waals surface area contributed by atoms with E-state index in [2.05, 4.69) is 104 Å². The van der Waals surface area contributed by atoms with Crippen LogP contribution in [0.1, 0.15) is 23.6 Å². The zero-order chi connectivity index (χ0) is 16.9. The zero-order valence-corrected chi connectivity index (χ0v) is 14.4. The first-order valence-corrected chi connectivity index (χ1v) is 8.37. The van der Waals surface area contributed by atoms with Gasteiger partial charge in [0.25, 0.3) is 0 Å². The summed E-state index contributed by atoms with van der Waals surface area (Å²) < 4.78 is 0. The van der Waals surface area contributed by atoms with Gasteiger partial charge in [-0.25, -0.2) is 0 Å². The highest BCUT2D eigenvalue weighted by molar-refractivity contribution is 5.87. The standard InChI is InChI=1S/C23H23N/c1-4-24-16-15-21(22-11-7-8-12-23(22)24)17-18(2)13-14-20-10-6-5-9-19(20)3/h5-17H,2,4H2,1,3H3/b14-13-,21-17?. The van der Waals surface area contributed by atoms with Gasteiger partial charge in [0.2, 0.25) is 0 Å². The molecule has 0 radical (unpaired) electrons. The van der Waals surface area contributed by atoms with E-state index in [9.17, 15) is 0 Å². The molecule has 3 rings (SSSR count). The minimum atomic E-state index is 0.967. The van der Waals surface area contributed by atoms with E-state index in [1.807, 2.05) is 0 Å². The van der Waals surface area contributed by atoms with Crippen molar-refractivity contribution in [2.24, 2.45) is 0 Å². The molecule has 0 aliphatic carbocycles. The third kappa shape index (κ3) is 3.41. The van der Waals surface area contributed by atoms with E-state index in [0.717, 1.165) is 12.1 Å². The van der Waals surface area contributed by atoms with Crippen molar-refractivity contribution in [1.29, 1.82) is 0 Å². The summed E-state index contributed by atoms with van der Waals surface area (Å²) in [5.74, 6) is 0. The molecule has 2 aromatic carbocycles. The fourth-order valence-electron chi connectivity index (χ4n) is 2.93. The molecule has 0 unspecified atom stereocenters. The van der Waals surface area contributed by atoms with E-state index in [0.29, 0.717) is 0 Å². The van der Waals surface area contributed by atoms with Crippen molar-refractivity contribution in [1.82, 2.24) is 0 Å². The van der Waals surface area contributed by atoms with Crippen LogP contribution in [0, 0.1) is 6.92 Å². The lowest BCUT2D eigenvalue weighted by molar-refractivity contribution is 1.01. The quantitative estimate of drug-likeness (QED) is 0.626. The van der Waals surface area contributed by atoms with E-state index < -0.39 is 0 Å². The van der Waals surface area contributed by atoms with Gasteiger partial charge < -0.3 is 4.90 Å². The smallest absolute Gasteiger partial charge is 0.0485 e. The number of para-hydroxylation sites is 1. The van der Waals surface area contributed by atoms with E-state index >= 15 is 0 Å². The highest BCUT2D eigenvalue weighted by Gasteiger charge is 2.13. The Balaban J connectivity index is 1.86. The van der Waals surface area contributed by atoms with Crippen LogP contribution in [0.5, 0.6) is 0 Å². The van der Waals surface area contributed by atoms with Gasteiger partial charge in [0.1, 0.15) is 0 Å². The van der Waals surface area contributed by atoms with Crippen LogP contribution in [0.2, 0.25) is 0 Å². The first-order chi connectivity index (χ1) is 11.7. The number of allylic oxidation sites excluding steroid dienone is 5. The van der Waals surface area contributed by atoms with Crippen molar-refractivity contribution >= 4 is 17.3 Å². The van der Waals surface area contributed by atoms with Crippen LogP contribution in [0.4, 0.5) is 5.69 Å². The predicted octanol–water partition coefficient (Wildman–Crippen LogP) is 6.00. The number of benzene rings is 2. The zero-order valence-electron chi connectivity index (χ0n) is 14.4. The summed E-state index contributed by atoms with van der Waals surface area (Å²) in [4.78, 5) is 2.26. The Kier molecular flexibility index (Phi) is 4.81. The molecule has 0 aromatic heterocycles. The van der Waals surface area contributed by atoms with E-state index in [-0.39, 0.29) is 0 Å².